The summed E-state index contributed by atoms with van der Waals surface area (Å²) in [6, 6.07) is 5.19. The summed E-state index contributed by atoms with van der Waals surface area (Å²) in [6.45, 7) is 4.19. The van der Waals surface area contributed by atoms with Gasteiger partial charge in [0.2, 0.25) is 5.78 Å². The molecule has 2 rings (SSSR count). The number of Topliss-reactive ketones (excluding diaryl/α,β-unsaturated/α-hetero) is 1. The van der Waals surface area contributed by atoms with Crippen molar-refractivity contribution in [3.05, 3.63) is 34.8 Å². The van der Waals surface area contributed by atoms with Crippen molar-refractivity contribution in [2.75, 3.05) is 13.2 Å². The number of ether oxygens (including phenoxy) is 2. The fraction of sp³-hybridized carbons (Fsp3) is 0.182. The number of benzene rings is 1. The molecule has 0 bridgehead atoms. The second-order valence-electron chi connectivity index (χ2n) is 3.18. The van der Waals surface area contributed by atoms with Crippen LogP contribution in [0.15, 0.2) is 29.3 Å². The fourth-order valence-electron chi connectivity index (χ4n) is 1.32. The minimum absolute atomic E-state index is 0.0152. The Kier molecular flexibility index (Phi) is 2.77. The summed E-state index contributed by atoms with van der Waals surface area (Å²) in [6.07, 6.45) is 0. The van der Waals surface area contributed by atoms with E-state index in [2.05, 4.69) is 22.5 Å². The number of hydrogen-bond donors (Lipinski definition) is 0. The Morgan fingerprint density at radius 2 is 2.40 bits per heavy atom. The maximum Gasteiger partial charge on any atom is 0.203 e. The lowest BCUT2D eigenvalue weighted by Crippen LogP contribution is -1.98. The van der Waals surface area contributed by atoms with E-state index in [1.54, 1.807) is 18.2 Å². The van der Waals surface area contributed by atoms with E-state index < -0.39 is 0 Å². The van der Waals surface area contributed by atoms with Crippen LogP contribution in [0, 0.1) is 0 Å². The SMILES string of the molecule is C=C(Br)COc1ccc2c(c1)OCC2=O. The average molecular weight is 269 g/mol. The number of carbonyl (C=O) groups is 1. The summed E-state index contributed by atoms with van der Waals surface area (Å²) in [5.41, 5.74) is 0.625. The minimum Gasteiger partial charge on any atom is -0.488 e. The van der Waals surface area contributed by atoms with Gasteiger partial charge in [-0.2, -0.15) is 0 Å². The van der Waals surface area contributed by atoms with Crippen LogP contribution in [0.4, 0.5) is 0 Å². The van der Waals surface area contributed by atoms with Gasteiger partial charge in [-0.1, -0.05) is 22.5 Å². The van der Waals surface area contributed by atoms with Crippen molar-refractivity contribution >= 4 is 21.7 Å². The van der Waals surface area contributed by atoms with E-state index in [0.717, 1.165) is 4.48 Å². The van der Waals surface area contributed by atoms with Gasteiger partial charge in [-0.25, -0.2) is 0 Å². The smallest absolute Gasteiger partial charge is 0.203 e. The predicted octanol–water partition coefficient (Wildman–Crippen LogP) is 2.55. The van der Waals surface area contributed by atoms with Gasteiger partial charge in [0.25, 0.3) is 0 Å². The summed E-state index contributed by atoms with van der Waals surface area (Å²) in [7, 11) is 0. The van der Waals surface area contributed by atoms with Gasteiger partial charge in [0.15, 0.2) is 6.61 Å². The molecule has 3 nitrogen and oxygen atoms in total. The molecule has 1 aliphatic rings. The molecule has 0 fully saturated rings. The zero-order valence-corrected chi connectivity index (χ0v) is 9.54. The van der Waals surface area contributed by atoms with Crippen molar-refractivity contribution in [2.45, 2.75) is 0 Å². The first kappa shape index (κ1) is 10.2. The lowest BCUT2D eigenvalue weighted by Gasteiger charge is -2.05. The quantitative estimate of drug-likeness (QED) is 0.845. The van der Waals surface area contributed by atoms with Gasteiger partial charge >= 0.3 is 0 Å². The summed E-state index contributed by atoms with van der Waals surface area (Å²) in [5.74, 6) is 1.28. The maximum atomic E-state index is 11.3. The average Bonchev–Trinajstić information content (AvgIpc) is 2.57. The highest BCUT2D eigenvalue weighted by Gasteiger charge is 2.21. The normalized spacial score (nSPS) is 13.3. The topological polar surface area (TPSA) is 35.5 Å². The molecule has 1 aromatic rings. The molecule has 78 valence electrons. The van der Waals surface area contributed by atoms with E-state index in [-0.39, 0.29) is 12.4 Å². The second kappa shape index (κ2) is 4.06. The van der Waals surface area contributed by atoms with E-state index in [1.165, 1.54) is 0 Å². The zero-order chi connectivity index (χ0) is 10.8. The van der Waals surface area contributed by atoms with Crippen LogP contribution in [0.2, 0.25) is 0 Å². The van der Waals surface area contributed by atoms with Crippen LogP contribution in [0.25, 0.3) is 0 Å². The van der Waals surface area contributed by atoms with Gasteiger partial charge in [-0.3, -0.25) is 4.79 Å². The molecule has 0 amide bonds. The molecule has 0 unspecified atom stereocenters. The van der Waals surface area contributed by atoms with E-state index in [0.29, 0.717) is 23.7 Å². The molecule has 0 aromatic heterocycles. The van der Waals surface area contributed by atoms with Crippen LogP contribution in [0.5, 0.6) is 11.5 Å². The van der Waals surface area contributed by atoms with Gasteiger partial charge in [0.1, 0.15) is 18.1 Å². The molecule has 0 aliphatic carbocycles. The van der Waals surface area contributed by atoms with E-state index >= 15 is 0 Å². The molecular formula is C11H9BrO3. The van der Waals surface area contributed by atoms with Crippen LogP contribution in [-0.4, -0.2) is 19.0 Å². The molecular weight excluding hydrogens is 260 g/mol. The molecule has 0 atom stereocenters. The first-order chi connectivity index (χ1) is 7.16. The zero-order valence-electron chi connectivity index (χ0n) is 7.96. The monoisotopic (exact) mass is 268 g/mol. The first-order valence-electron chi connectivity index (χ1n) is 4.43. The molecule has 4 heteroatoms. The van der Waals surface area contributed by atoms with Crippen LogP contribution in [-0.2, 0) is 0 Å². The summed E-state index contributed by atoms with van der Waals surface area (Å²) < 4.78 is 11.3. The van der Waals surface area contributed by atoms with E-state index in [1.807, 2.05) is 0 Å². The number of hydrogen-bond acceptors (Lipinski definition) is 3. The third kappa shape index (κ3) is 2.21. The van der Waals surface area contributed by atoms with Gasteiger partial charge in [0.05, 0.1) is 5.56 Å². The fourth-order valence-corrected chi connectivity index (χ4v) is 1.44. The first-order valence-corrected chi connectivity index (χ1v) is 5.22. The Morgan fingerprint density at radius 3 is 3.13 bits per heavy atom. The highest BCUT2D eigenvalue weighted by Crippen LogP contribution is 2.29. The standard InChI is InChI=1S/C11H9BrO3/c1-7(12)5-14-8-2-3-9-10(13)6-15-11(9)4-8/h2-4H,1,5-6H2. The van der Waals surface area contributed by atoms with E-state index in [9.17, 15) is 4.79 Å². The number of ketones is 1. The molecule has 0 spiro atoms. The molecule has 0 saturated heterocycles. The summed E-state index contributed by atoms with van der Waals surface area (Å²) >= 11 is 3.20. The van der Waals surface area contributed by atoms with E-state index in [4.69, 9.17) is 9.47 Å². The summed E-state index contributed by atoms with van der Waals surface area (Å²) in [5, 5.41) is 0. The highest BCUT2D eigenvalue weighted by atomic mass is 79.9. The van der Waals surface area contributed by atoms with Crippen molar-refractivity contribution < 1.29 is 14.3 Å². The maximum absolute atomic E-state index is 11.3. The third-order valence-electron chi connectivity index (χ3n) is 2.01. The molecule has 1 aliphatic heterocycles. The molecule has 1 aromatic carbocycles. The van der Waals surface area contributed by atoms with Crippen molar-refractivity contribution in [3.63, 3.8) is 0 Å². The van der Waals surface area contributed by atoms with Crippen molar-refractivity contribution in [1.29, 1.82) is 0 Å². The number of fused-ring (bicyclic) bond motifs is 1. The van der Waals surface area contributed by atoms with Crippen LogP contribution >= 0.6 is 15.9 Å². The predicted molar refractivity (Wildman–Crippen MR) is 59.8 cm³/mol. The largest absolute Gasteiger partial charge is 0.488 e. The number of halogens is 1. The Bertz CT molecular complexity index is 426. The molecule has 15 heavy (non-hydrogen) atoms. The van der Waals surface area contributed by atoms with Crippen LogP contribution < -0.4 is 9.47 Å². The molecule has 0 N–H and O–H groups in total. The van der Waals surface area contributed by atoms with Gasteiger partial charge in [-0.05, 0) is 12.1 Å². The highest BCUT2D eigenvalue weighted by molar-refractivity contribution is 9.11. The third-order valence-corrected chi connectivity index (χ3v) is 2.24. The number of rotatable bonds is 3. The Balaban J connectivity index is 2.16. The lowest BCUT2D eigenvalue weighted by molar-refractivity contribution is 0.0961. The van der Waals surface area contributed by atoms with Crippen LogP contribution in [0.1, 0.15) is 10.4 Å². The second-order valence-corrected chi connectivity index (χ2v) is 4.30. The molecule has 1 heterocycles. The number of carbonyl (C=O) groups excluding carboxylic acids is 1. The Morgan fingerprint density at radius 1 is 1.60 bits per heavy atom. The Hall–Kier alpha value is -1.29. The molecule has 0 radical (unpaired) electrons. The lowest BCUT2D eigenvalue weighted by atomic mass is 10.1. The van der Waals surface area contributed by atoms with Crippen molar-refractivity contribution in [2.24, 2.45) is 0 Å². The van der Waals surface area contributed by atoms with Crippen molar-refractivity contribution in [1.82, 2.24) is 0 Å². The van der Waals surface area contributed by atoms with Crippen LogP contribution in [0.3, 0.4) is 0 Å². The van der Waals surface area contributed by atoms with Gasteiger partial charge in [-0.15, -0.1) is 0 Å². The molecule has 0 saturated carbocycles. The summed E-state index contributed by atoms with van der Waals surface area (Å²) in [4.78, 5) is 11.3. The van der Waals surface area contributed by atoms with Gasteiger partial charge in [0, 0.05) is 10.5 Å². The van der Waals surface area contributed by atoms with Crippen molar-refractivity contribution in [3.8, 4) is 11.5 Å². The Labute approximate surface area is 95.8 Å². The minimum atomic E-state index is 0.0152. The van der Waals surface area contributed by atoms with Gasteiger partial charge < -0.3 is 9.47 Å².